The molecule has 2 heterocycles. The smallest absolute Gasteiger partial charge is 0.0480 e. The number of piperidine rings is 1. The molecule has 84 valence electrons. The molecule has 1 N–H and O–H groups in total. The number of fused-ring (bicyclic) bond motifs is 1. The molecule has 1 aromatic heterocycles. The lowest BCUT2D eigenvalue weighted by Crippen LogP contribution is -2.26. The van der Waals surface area contributed by atoms with Crippen LogP contribution >= 0.6 is 0 Å². The molecule has 0 amide bonds. The van der Waals surface area contributed by atoms with Gasteiger partial charge in [0, 0.05) is 24.1 Å². The predicted molar refractivity (Wildman–Crippen MR) is 67.8 cm³/mol. The van der Waals surface area contributed by atoms with Gasteiger partial charge in [-0.05, 0) is 49.5 Å². The summed E-state index contributed by atoms with van der Waals surface area (Å²) in [5.74, 6) is 0.743. The first-order chi connectivity index (χ1) is 7.86. The molecule has 2 nitrogen and oxygen atoms in total. The minimum Gasteiger partial charge on any atom is -0.351 e. The Balaban J connectivity index is 2.08. The van der Waals surface area contributed by atoms with Gasteiger partial charge in [-0.3, -0.25) is 0 Å². The van der Waals surface area contributed by atoms with Crippen LogP contribution in [0.1, 0.15) is 24.3 Å². The standard InChI is InChI=1S/C14H18N2/c1-16-10-7-13-12(3-2-4-14(13)16)11-5-8-15-9-6-11/h2-4,7,10-11,15H,5-6,8-9H2,1H3. The first-order valence-corrected chi connectivity index (χ1v) is 6.11. The van der Waals surface area contributed by atoms with Gasteiger partial charge in [0.2, 0.25) is 0 Å². The second-order valence-electron chi connectivity index (χ2n) is 4.73. The van der Waals surface area contributed by atoms with Crippen molar-refractivity contribution in [3.63, 3.8) is 0 Å². The summed E-state index contributed by atoms with van der Waals surface area (Å²) < 4.78 is 2.21. The monoisotopic (exact) mass is 214 g/mol. The fourth-order valence-corrected chi connectivity index (χ4v) is 2.82. The van der Waals surface area contributed by atoms with Crippen molar-refractivity contribution in [1.29, 1.82) is 0 Å². The predicted octanol–water partition coefficient (Wildman–Crippen LogP) is 2.65. The summed E-state index contributed by atoms with van der Waals surface area (Å²) in [6, 6.07) is 8.96. The molecule has 0 bridgehead atoms. The number of nitrogens with one attached hydrogen (secondary N) is 1. The van der Waals surface area contributed by atoms with Crippen molar-refractivity contribution in [2.75, 3.05) is 13.1 Å². The molecule has 0 unspecified atom stereocenters. The Morgan fingerprint density at radius 1 is 1.19 bits per heavy atom. The third kappa shape index (κ3) is 1.54. The molecule has 1 aliphatic rings. The Hall–Kier alpha value is -1.28. The van der Waals surface area contributed by atoms with Gasteiger partial charge in [-0.15, -0.1) is 0 Å². The first kappa shape index (κ1) is 9.91. The first-order valence-electron chi connectivity index (χ1n) is 6.11. The van der Waals surface area contributed by atoms with Crippen LogP contribution in [0, 0.1) is 0 Å². The molecule has 0 radical (unpaired) electrons. The van der Waals surface area contributed by atoms with E-state index in [1.165, 1.54) is 23.7 Å². The number of nitrogens with zero attached hydrogens (tertiary/aromatic N) is 1. The van der Waals surface area contributed by atoms with Gasteiger partial charge in [0.05, 0.1) is 0 Å². The van der Waals surface area contributed by atoms with Crippen LogP contribution in [-0.2, 0) is 7.05 Å². The molecule has 1 fully saturated rings. The van der Waals surface area contributed by atoms with Crippen LogP contribution in [0.3, 0.4) is 0 Å². The van der Waals surface area contributed by atoms with Gasteiger partial charge in [0.25, 0.3) is 0 Å². The van der Waals surface area contributed by atoms with Gasteiger partial charge in [0.1, 0.15) is 0 Å². The second kappa shape index (κ2) is 3.95. The zero-order valence-corrected chi connectivity index (χ0v) is 9.74. The summed E-state index contributed by atoms with van der Waals surface area (Å²) >= 11 is 0. The lowest BCUT2D eigenvalue weighted by atomic mass is 9.88. The van der Waals surface area contributed by atoms with Gasteiger partial charge in [0.15, 0.2) is 0 Å². The molecule has 16 heavy (non-hydrogen) atoms. The van der Waals surface area contributed by atoms with Crippen LogP contribution in [-0.4, -0.2) is 17.7 Å². The highest BCUT2D eigenvalue weighted by Crippen LogP contribution is 2.31. The highest BCUT2D eigenvalue weighted by Gasteiger charge is 2.17. The third-order valence-electron chi connectivity index (χ3n) is 3.74. The molecular weight excluding hydrogens is 196 g/mol. The summed E-state index contributed by atoms with van der Waals surface area (Å²) in [4.78, 5) is 0. The number of aromatic nitrogens is 1. The van der Waals surface area contributed by atoms with E-state index in [0.29, 0.717) is 0 Å². The van der Waals surface area contributed by atoms with Gasteiger partial charge >= 0.3 is 0 Å². The molecule has 3 rings (SSSR count). The Bertz CT molecular complexity index is 492. The Morgan fingerprint density at radius 2 is 2.00 bits per heavy atom. The number of hydrogen-bond acceptors (Lipinski definition) is 1. The third-order valence-corrected chi connectivity index (χ3v) is 3.74. The second-order valence-corrected chi connectivity index (χ2v) is 4.73. The van der Waals surface area contributed by atoms with E-state index in [0.717, 1.165) is 19.0 Å². The SMILES string of the molecule is Cn1ccc2c(C3CCNCC3)cccc21. The van der Waals surface area contributed by atoms with Crippen molar-refractivity contribution in [3.05, 3.63) is 36.0 Å². The number of hydrogen-bond donors (Lipinski definition) is 1. The van der Waals surface area contributed by atoms with Gasteiger partial charge in [-0.1, -0.05) is 12.1 Å². The van der Waals surface area contributed by atoms with Gasteiger partial charge in [-0.25, -0.2) is 0 Å². The lowest BCUT2D eigenvalue weighted by molar-refractivity contribution is 0.462. The van der Waals surface area contributed by atoms with Crippen LogP contribution in [0.25, 0.3) is 10.9 Å². The molecule has 0 spiro atoms. The fourth-order valence-electron chi connectivity index (χ4n) is 2.82. The Kier molecular flexibility index (Phi) is 2.44. The Labute approximate surface area is 96.3 Å². The normalized spacial score (nSPS) is 18.1. The molecule has 2 heteroatoms. The quantitative estimate of drug-likeness (QED) is 0.772. The van der Waals surface area contributed by atoms with Crippen LogP contribution in [0.2, 0.25) is 0 Å². The average molecular weight is 214 g/mol. The molecule has 2 aromatic rings. The van der Waals surface area contributed by atoms with Crippen molar-refractivity contribution in [1.82, 2.24) is 9.88 Å². The highest BCUT2D eigenvalue weighted by atomic mass is 14.9. The maximum Gasteiger partial charge on any atom is 0.0480 e. The van der Waals surface area contributed by atoms with Crippen molar-refractivity contribution < 1.29 is 0 Å². The van der Waals surface area contributed by atoms with E-state index >= 15 is 0 Å². The maximum absolute atomic E-state index is 3.43. The van der Waals surface area contributed by atoms with E-state index in [2.05, 4.69) is 47.4 Å². The molecule has 1 aliphatic heterocycles. The van der Waals surface area contributed by atoms with Gasteiger partial charge in [-0.2, -0.15) is 0 Å². The molecule has 0 aliphatic carbocycles. The van der Waals surface area contributed by atoms with Crippen LogP contribution in [0.5, 0.6) is 0 Å². The van der Waals surface area contributed by atoms with Crippen LogP contribution in [0.4, 0.5) is 0 Å². The van der Waals surface area contributed by atoms with E-state index in [4.69, 9.17) is 0 Å². The zero-order chi connectivity index (χ0) is 11.0. The Morgan fingerprint density at radius 3 is 2.81 bits per heavy atom. The number of rotatable bonds is 1. The molecule has 0 saturated carbocycles. The topological polar surface area (TPSA) is 17.0 Å². The lowest BCUT2D eigenvalue weighted by Gasteiger charge is -2.23. The summed E-state index contributed by atoms with van der Waals surface area (Å²) in [5.41, 5.74) is 2.90. The van der Waals surface area contributed by atoms with Crippen LogP contribution < -0.4 is 5.32 Å². The van der Waals surface area contributed by atoms with Crippen molar-refractivity contribution >= 4 is 10.9 Å². The van der Waals surface area contributed by atoms with Crippen LogP contribution in [0.15, 0.2) is 30.5 Å². The van der Waals surface area contributed by atoms with Gasteiger partial charge < -0.3 is 9.88 Å². The van der Waals surface area contributed by atoms with Crippen molar-refractivity contribution in [3.8, 4) is 0 Å². The van der Waals surface area contributed by atoms with E-state index in [-0.39, 0.29) is 0 Å². The van der Waals surface area contributed by atoms with E-state index < -0.39 is 0 Å². The summed E-state index contributed by atoms with van der Waals surface area (Å²) in [7, 11) is 2.12. The van der Waals surface area contributed by atoms with E-state index in [1.54, 1.807) is 5.56 Å². The van der Waals surface area contributed by atoms with E-state index in [9.17, 15) is 0 Å². The molecule has 1 aromatic carbocycles. The van der Waals surface area contributed by atoms with Crippen molar-refractivity contribution in [2.24, 2.45) is 7.05 Å². The van der Waals surface area contributed by atoms with Crippen molar-refractivity contribution in [2.45, 2.75) is 18.8 Å². The molecule has 1 saturated heterocycles. The average Bonchev–Trinajstić information content (AvgIpc) is 2.73. The summed E-state index contributed by atoms with van der Waals surface area (Å²) in [6.07, 6.45) is 4.71. The largest absolute Gasteiger partial charge is 0.351 e. The van der Waals surface area contributed by atoms with E-state index in [1.807, 2.05) is 0 Å². The molecule has 0 atom stereocenters. The summed E-state index contributed by atoms with van der Waals surface area (Å²) in [5, 5.41) is 4.87. The minimum absolute atomic E-state index is 0.743. The fraction of sp³-hybridized carbons (Fsp3) is 0.429. The number of aryl methyl sites for hydroxylation is 1. The summed E-state index contributed by atoms with van der Waals surface area (Å²) in [6.45, 7) is 2.32. The zero-order valence-electron chi connectivity index (χ0n) is 9.74. The minimum atomic E-state index is 0.743. The highest BCUT2D eigenvalue weighted by molar-refractivity contribution is 5.84. The molecular formula is C14H18N2. The number of benzene rings is 1. The maximum atomic E-state index is 3.43.